The average Bonchev–Trinajstić information content (AvgIpc) is 3.00. The summed E-state index contributed by atoms with van der Waals surface area (Å²) in [5, 5.41) is 0.177. The standard InChI is InChI=1S/C11H18ClNO/c1-13(11(14)8-6-7-8)10-5-3-2-4-9(10)12/h8-10H,2-7H2,1H3. The molecule has 1 amide bonds. The van der Waals surface area contributed by atoms with E-state index in [2.05, 4.69) is 0 Å². The summed E-state index contributed by atoms with van der Waals surface area (Å²) < 4.78 is 0. The summed E-state index contributed by atoms with van der Waals surface area (Å²) in [6.45, 7) is 0. The fraction of sp³-hybridized carbons (Fsp3) is 0.909. The third-order valence-corrected chi connectivity index (χ3v) is 3.93. The second kappa shape index (κ2) is 4.09. The first-order chi connectivity index (χ1) is 6.70. The van der Waals surface area contributed by atoms with Gasteiger partial charge in [0, 0.05) is 19.0 Å². The number of rotatable bonds is 2. The molecule has 0 aromatic heterocycles. The molecule has 2 aliphatic carbocycles. The van der Waals surface area contributed by atoms with E-state index in [0.717, 1.165) is 25.7 Å². The van der Waals surface area contributed by atoms with Gasteiger partial charge in [-0.1, -0.05) is 12.8 Å². The molecule has 2 atom stereocenters. The lowest BCUT2D eigenvalue weighted by atomic mass is 9.93. The van der Waals surface area contributed by atoms with Crippen molar-refractivity contribution in [3.63, 3.8) is 0 Å². The monoisotopic (exact) mass is 215 g/mol. The SMILES string of the molecule is CN(C(=O)C1CC1)C1CCCCC1Cl. The summed E-state index contributed by atoms with van der Waals surface area (Å²) >= 11 is 6.25. The van der Waals surface area contributed by atoms with E-state index in [1.807, 2.05) is 11.9 Å². The second-order valence-corrected chi connectivity index (χ2v) is 5.15. The molecule has 0 saturated heterocycles. The van der Waals surface area contributed by atoms with Crippen molar-refractivity contribution in [2.24, 2.45) is 5.92 Å². The number of hydrogen-bond donors (Lipinski definition) is 0. The highest BCUT2D eigenvalue weighted by molar-refractivity contribution is 6.21. The molecule has 0 spiro atoms. The molecule has 2 unspecified atom stereocenters. The number of alkyl halides is 1. The van der Waals surface area contributed by atoms with Crippen molar-refractivity contribution in [2.45, 2.75) is 49.9 Å². The van der Waals surface area contributed by atoms with Crippen molar-refractivity contribution >= 4 is 17.5 Å². The predicted octanol–water partition coefficient (Wildman–Crippen LogP) is 2.40. The largest absolute Gasteiger partial charge is 0.341 e. The topological polar surface area (TPSA) is 20.3 Å². The summed E-state index contributed by atoms with van der Waals surface area (Å²) in [7, 11) is 1.92. The molecular formula is C11H18ClNO. The number of amides is 1. The zero-order valence-corrected chi connectivity index (χ0v) is 9.46. The average molecular weight is 216 g/mol. The maximum absolute atomic E-state index is 11.8. The summed E-state index contributed by atoms with van der Waals surface area (Å²) in [5.74, 6) is 0.647. The van der Waals surface area contributed by atoms with Crippen LogP contribution in [0.1, 0.15) is 38.5 Å². The molecule has 0 aliphatic heterocycles. The maximum atomic E-state index is 11.8. The Labute approximate surface area is 90.6 Å². The van der Waals surface area contributed by atoms with Gasteiger partial charge >= 0.3 is 0 Å². The molecule has 2 rings (SSSR count). The van der Waals surface area contributed by atoms with Crippen molar-refractivity contribution in [2.75, 3.05) is 7.05 Å². The van der Waals surface area contributed by atoms with Gasteiger partial charge in [-0.15, -0.1) is 11.6 Å². The van der Waals surface area contributed by atoms with Gasteiger partial charge in [-0.3, -0.25) is 4.79 Å². The van der Waals surface area contributed by atoms with Crippen LogP contribution in [0.5, 0.6) is 0 Å². The normalized spacial score (nSPS) is 32.7. The molecule has 3 heteroatoms. The summed E-state index contributed by atoms with van der Waals surface area (Å²) in [4.78, 5) is 13.7. The lowest BCUT2D eigenvalue weighted by Gasteiger charge is -2.35. The number of carbonyl (C=O) groups is 1. The minimum Gasteiger partial charge on any atom is -0.341 e. The highest BCUT2D eigenvalue weighted by atomic mass is 35.5. The number of carbonyl (C=O) groups excluding carboxylic acids is 1. The molecule has 2 aliphatic rings. The van der Waals surface area contributed by atoms with E-state index >= 15 is 0 Å². The molecule has 2 nitrogen and oxygen atoms in total. The Hall–Kier alpha value is -0.240. The molecule has 0 N–H and O–H groups in total. The minimum atomic E-state index is 0.177. The second-order valence-electron chi connectivity index (χ2n) is 4.59. The van der Waals surface area contributed by atoms with Gasteiger partial charge < -0.3 is 4.90 Å². The van der Waals surface area contributed by atoms with Gasteiger partial charge in [0.15, 0.2) is 0 Å². The van der Waals surface area contributed by atoms with Crippen LogP contribution in [0.15, 0.2) is 0 Å². The van der Waals surface area contributed by atoms with Gasteiger partial charge in [-0.2, -0.15) is 0 Å². The highest BCUT2D eigenvalue weighted by Gasteiger charge is 2.37. The van der Waals surface area contributed by atoms with Crippen molar-refractivity contribution in [1.82, 2.24) is 4.90 Å². The Morgan fingerprint density at radius 3 is 2.43 bits per heavy atom. The van der Waals surface area contributed by atoms with Crippen molar-refractivity contribution < 1.29 is 4.79 Å². The first kappa shape index (κ1) is 10.3. The zero-order valence-electron chi connectivity index (χ0n) is 8.71. The molecule has 2 fully saturated rings. The Morgan fingerprint density at radius 2 is 1.86 bits per heavy atom. The van der Waals surface area contributed by atoms with Crippen molar-refractivity contribution in [3.8, 4) is 0 Å². The van der Waals surface area contributed by atoms with Crippen LogP contribution in [0, 0.1) is 5.92 Å². The van der Waals surface area contributed by atoms with Gasteiger partial charge in [0.1, 0.15) is 0 Å². The molecule has 2 saturated carbocycles. The molecule has 80 valence electrons. The third-order valence-electron chi connectivity index (χ3n) is 3.42. The Bertz CT molecular complexity index is 227. The first-order valence-electron chi connectivity index (χ1n) is 5.61. The Kier molecular flexibility index (Phi) is 3.01. The lowest BCUT2D eigenvalue weighted by molar-refractivity contribution is -0.133. The maximum Gasteiger partial charge on any atom is 0.225 e. The van der Waals surface area contributed by atoms with E-state index in [4.69, 9.17) is 11.6 Å². The molecule has 0 radical (unpaired) electrons. The molecule has 14 heavy (non-hydrogen) atoms. The van der Waals surface area contributed by atoms with E-state index in [-0.39, 0.29) is 5.38 Å². The van der Waals surface area contributed by atoms with Gasteiger partial charge in [-0.05, 0) is 25.7 Å². The van der Waals surface area contributed by atoms with Gasteiger partial charge in [0.25, 0.3) is 0 Å². The molecule has 0 aromatic rings. The molecule has 0 aromatic carbocycles. The van der Waals surface area contributed by atoms with Crippen molar-refractivity contribution in [3.05, 3.63) is 0 Å². The summed E-state index contributed by atoms with van der Waals surface area (Å²) in [5.41, 5.74) is 0. The quantitative estimate of drug-likeness (QED) is 0.648. The summed E-state index contributed by atoms with van der Waals surface area (Å²) in [6, 6.07) is 0.290. The molecule has 0 heterocycles. The van der Waals surface area contributed by atoms with Crippen LogP contribution in [0.2, 0.25) is 0 Å². The molecular weight excluding hydrogens is 198 g/mol. The molecule has 0 bridgehead atoms. The first-order valence-corrected chi connectivity index (χ1v) is 6.04. The number of hydrogen-bond acceptors (Lipinski definition) is 1. The van der Waals surface area contributed by atoms with Crippen LogP contribution in [-0.4, -0.2) is 29.3 Å². The Morgan fingerprint density at radius 1 is 1.21 bits per heavy atom. The smallest absolute Gasteiger partial charge is 0.225 e. The third kappa shape index (κ3) is 2.05. The number of nitrogens with zero attached hydrogens (tertiary/aromatic N) is 1. The van der Waals surface area contributed by atoms with Crippen LogP contribution < -0.4 is 0 Å². The van der Waals surface area contributed by atoms with Crippen LogP contribution in [0.25, 0.3) is 0 Å². The van der Waals surface area contributed by atoms with Crippen LogP contribution in [0.4, 0.5) is 0 Å². The number of halogens is 1. The van der Waals surface area contributed by atoms with Crippen molar-refractivity contribution in [1.29, 1.82) is 0 Å². The van der Waals surface area contributed by atoms with E-state index in [1.54, 1.807) is 0 Å². The fourth-order valence-electron chi connectivity index (χ4n) is 2.28. The zero-order chi connectivity index (χ0) is 10.1. The van der Waals surface area contributed by atoms with Crippen LogP contribution in [-0.2, 0) is 4.79 Å². The van der Waals surface area contributed by atoms with E-state index in [0.29, 0.717) is 17.9 Å². The Balaban J connectivity index is 1.94. The van der Waals surface area contributed by atoms with Gasteiger partial charge in [0.05, 0.1) is 5.38 Å². The van der Waals surface area contributed by atoms with Crippen LogP contribution >= 0.6 is 11.6 Å². The predicted molar refractivity (Wildman–Crippen MR) is 57.4 cm³/mol. The van der Waals surface area contributed by atoms with E-state index in [9.17, 15) is 4.79 Å². The van der Waals surface area contributed by atoms with Crippen LogP contribution in [0.3, 0.4) is 0 Å². The minimum absolute atomic E-state index is 0.177. The van der Waals surface area contributed by atoms with E-state index < -0.39 is 0 Å². The van der Waals surface area contributed by atoms with E-state index in [1.165, 1.54) is 12.8 Å². The lowest BCUT2D eigenvalue weighted by Crippen LogP contribution is -2.44. The summed E-state index contributed by atoms with van der Waals surface area (Å²) in [6.07, 6.45) is 6.76. The fourth-order valence-corrected chi connectivity index (χ4v) is 2.73. The van der Waals surface area contributed by atoms with Gasteiger partial charge in [0.2, 0.25) is 5.91 Å². The highest BCUT2D eigenvalue weighted by Crippen LogP contribution is 2.34. The van der Waals surface area contributed by atoms with Gasteiger partial charge in [-0.25, -0.2) is 0 Å².